The molecule has 2 N–H and O–H groups in total. The zero-order valence-corrected chi connectivity index (χ0v) is 34.5. The number of hydrogen-bond donors (Lipinski definition) is 2. The Hall–Kier alpha value is -5.65. The quantitative estimate of drug-likeness (QED) is 0.129. The van der Waals surface area contributed by atoms with Crippen molar-refractivity contribution < 1.29 is 33.0 Å². The average molecular weight is 803 g/mol. The first-order valence-corrected chi connectivity index (χ1v) is 20.3. The van der Waals surface area contributed by atoms with E-state index in [1.54, 1.807) is 12.3 Å². The predicted molar refractivity (Wildman–Crippen MR) is 223 cm³/mol. The maximum Gasteiger partial charge on any atom is 0.326 e. The van der Waals surface area contributed by atoms with Crippen LogP contribution < -0.4 is 14.8 Å². The number of nitrogens with zero attached hydrogens (tertiary/aromatic N) is 3. The van der Waals surface area contributed by atoms with E-state index in [0.29, 0.717) is 43.8 Å². The normalized spacial score (nSPS) is 17.9. The first-order valence-electron chi connectivity index (χ1n) is 20.3. The van der Waals surface area contributed by atoms with Gasteiger partial charge in [-0.3, -0.25) is 19.6 Å². The molecule has 59 heavy (non-hydrogen) atoms. The van der Waals surface area contributed by atoms with E-state index >= 15 is 0 Å². The largest absolute Gasteiger partial charge is 0.486 e. The van der Waals surface area contributed by atoms with Crippen molar-refractivity contribution in [3.63, 3.8) is 0 Å². The predicted octanol–water partition coefficient (Wildman–Crippen LogP) is 8.69. The number of amides is 1. The molecule has 9 nitrogen and oxygen atoms in total. The van der Waals surface area contributed by atoms with Crippen LogP contribution in [0.25, 0.3) is 11.1 Å². The molecule has 1 amide bonds. The topological polar surface area (TPSA) is 104 Å². The van der Waals surface area contributed by atoms with Gasteiger partial charge in [-0.2, -0.15) is 0 Å². The maximum atomic E-state index is 14.0. The summed E-state index contributed by atoms with van der Waals surface area (Å²) in [5.74, 6) is -1.76. The Morgan fingerprint density at radius 2 is 1.68 bits per heavy atom. The minimum atomic E-state index is -1.09. The molecule has 0 saturated heterocycles. The van der Waals surface area contributed by atoms with Crippen molar-refractivity contribution in [2.45, 2.75) is 97.3 Å². The van der Waals surface area contributed by atoms with Crippen molar-refractivity contribution in [3.8, 4) is 22.6 Å². The molecule has 2 aliphatic rings. The van der Waals surface area contributed by atoms with Crippen molar-refractivity contribution in [2.24, 2.45) is 0 Å². The molecular formula is C48H52F2N4O5. The standard InChI is InChI=1S/C48H52F2N4O5/c1-7-44(34-14-17-40(49)41(50)22-34)58-38-15-12-33(13-16-38)46-27-53(6)25-37-21-35-23-43(54(28(2)3)26-36(35)24-45(37)59-46)47(55)52-42(48(56)57)20-31-8-10-32(11-9-31)39-18-19-51-30(5)29(39)4/h8-19,21-22,24,28,42-44,46H,7,20,23,25-27H2,1-6H3,(H,52,55)(H,56,57)/t42-,43-,44+,46+/m0/s1. The van der Waals surface area contributed by atoms with Crippen molar-refractivity contribution >= 4 is 11.9 Å². The van der Waals surface area contributed by atoms with Gasteiger partial charge in [0, 0.05) is 49.6 Å². The number of carboxylic acid groups (broad SMARTS) is 1. The summed E-state index contributed by atoms with van der Waals surface area (Å²) in [6.07, 6.45) is 2.27. The van der Waals surface area contributed by atoms with Crippen molar-refractivity contribution in [1.29, 1.82) is 0 Å². The molecule has 0 aliphatic carbocycles. The van der Waals surface area contributed by atoms with Gasteiger partial charge in [-0.1, -0.05) is 55.5 Å². The Labute approximate surface area is 345 Å². The van der Waals surface area contributed by atoms with Gasteiger partial charge in [0.05, 0.1) is 6.04 Å². The van der Waals surface area contributed by atoms with Gasteiger partial charge in [-0.15, -0.1) is 0 Å². The van der Waals surface area contributed by atoms with Gasteiger partial charge in [0.25, 0.3) is 0 Å². The molecule has 2 aliphatic heterocycles. The number of aromatic nitrogens is 1. The molecule has 1 aromatic heterocycles. The molecule has 4 aromatic carbocycles. The summed E-state index contributed by atoms with van der Waals surface area (Å²) in [5.41, 5.74) is 9.67. The van der Waals surface area contributed by atoms with Gasteiger partial charge < -0.3 is 19.9 Å². The monoisotopic (exact) mass is 802 g/mol. The number of fused-ring (bicyclic) bond motifs is 2. The number of likely N-dealkylation sites (N-methyl/N-ethyl adjacent to an activating group) is 1. The number of benzene rings is 4. The fourth-order valence-electron chi connectivity index (χ4n) is 8.21. The summed E-state index contributed by atoms with van der Waals surface area (Å²) >= 11 is 0. The first-order chi connectivity index (χ1) is 28.3. The molecular weight excluding hydrogens is 751 g/mol. The van der Waals surface area contributed by atoms with E-state index in [4.69, 9.17) is 9.47 Å². The lowest BCUT2D eigenvalue weighted by atomic mass is 9.90. The van der Waals surface area contributed by atoms with Crippen molar-refractivity contribution in [1.82, 2.24) is 20.1 Å². The number of carboxylic acids is 1. The number of aliphatic carboxylic acids is 1. The zero-order chi connectivity index (χ0) is 42.0. The molecule has 0 fully saturated rings. The van der Waals surface area contributed by atoms with Crippen LogP contribution in [0.15, 0.2) is 91.1 Å². The Kier molecular flexibility index (Phi) is 12.4. The second-order valence-corrected chi connectivity index (χ2v) is 16.1. The molecule has 0 unspecified atom stereocenters. The van der Waals surface area contributed by atoms with Crippen LogP contribution >= 0.6 is 0 Å². The van der Waals surface area contributed by atoms with E-state index in [9.17, 15) is 23.5 Å². The Morgan fingerprint density at radius 3 is 2.36 bits per heavy atom. The van der Waals surface area contributed by atoms with Crippen LogP contribution in [-0.4, -0.2) is 63.5 Å². The number of rotatable bonds is 12. The van der Waals surface area contributed by atoms with Crippen LogP contribution in [0, 0.1) is 25.5 Å². The number of aryl methyl sites for hydroxylation is 1. The minimum absolute atomic E-state index is 0.0173. The van der Waals surface area contributed by atoms with Gasteiger partial charge in [-0.25, -0.2) is 13.6 Å². The maximum absolute atomic E-state index is 14.0. The summed E-state index contributed by atoms with van der Waals surface area (Å²) in [7, 11) is 2.05. The van der Waals surface area contributed by atoms with E-state index in [-0.39, 0.29) is 24.5 Å². The fourth-order valence-corrected chi connectivity index (χ4v) is 8.21. The summed E-state index contributed by atoms with van der Waals surface area (Å²) < 4.78 is 40.4. The molecule has 0 radical (unpaired) electrons. The van der Waals surface area contributed by atoms with E-state index in [0.717, 1.165) is 62.0 Å². The van der Waals surface area contributed by atoms with E-state index in [1.165, 1.54) is 6.07 Å². The first kappa shape index (κ1) is 41.5. The Balaban J connectivity index is 1.04. The number of ether oxygens (including phenoxy) is 2. The number of hydrogen-bond acceptors (Lipinski definition) is 7. The summed E-state index contributed by atoms with van der Waals surface area (Å²) in [6.45, 7) is 11.8. The highest BCUT2D eigenvalue weighted by Crippen LogP contribution is 2.37. The van der Waals surface area contributed by atoms with Gasteiger partial charge in [-0.05, 0) is 128 Å². The Bertz CT molecular complexity index is 2320. The van der Waals surface area contributed by atoms with Gasteiger partial charge in [0.2, 0.25) is 5.91 Å². The summed E-state index contributed by atoms with van der Waals surface area (Å²) in [4.78, 5) is 35.3. The minimum Gasteiger partial charge on any atom is -0.486 e. The number of carbonyl (C=O) groups excluding carboxylic acids is 1. The highest BCUT2D eigenvalue weighted by molar-refractivity contribution is 5.87. The second-order valence-electron chi connectivity index (χ2n) is 16.1. The molecule has 308 valence electrons. The summed E-state index contributed by atoms with van der Waals surface area (Å²) in [6, 6.07) is 24.0. The molecule has 11 heteroatoms. The lowest BCUT2D eigenvalue weighted by molar-refractivity contribution is -0.143. The number of nitrogens with one attached hydrogen (secondary N) is 1. The molecule has 4 atom stereocenters. The van der Waals surface area contributed by atoms with E-state index < -0.39 is 35.8 Å². The molecule has 5 aromatic rings. The van der Waals surface area contributed by atoms with Crippen LogP contribution in [-0.2, 0) is 35.5 Å². The Morgan fingerprint density at radius 1 is 0.932 bits per heavy atom. The van der Waals surface area contributed by atoms with E-state index in [1.807, 2.05) is 96.3 Å². The second kappa shape index (κ2) is 17.7. The number of carbonyl (C=O) groups is 2. The number of pyridine rings is 1. The van der Waals surface area contributed by atoms with Crippen molar-refractivity contribution in [2.75, 3.05) is 13.6 Å². The molecule has 7 rings (SSSR count). The lowest BCUT2D eigenvalue weighted by Gasteiger charge is -2.39. The van der Waals surface area contributed by atoms with Crippen LogP contribution in [0.4, 0.5) is 8.78 Å². The lowest BCUT2D eigenvalue weighted by Crippen LogP contribution is -2.56. The van der Waals surface area contributed by atoms with Crippen LogP contribution in [0.5, 0.6) is 11.5 Å². The number of halogens is 2. The van der Waals surface area contributed by atoms with E-state index in [2.05, 4.69) is 32.2 Å². The van der Waals surface area contributed by atoms with Crippen LogP contribution in [0.1, 0.15) is 84.0 Å². The van der Waals surface area contributed by atoms with Crippen LogP contribution in [0.2, 0.25) is 0 Å². The average Bonchev–Trinajstić information content (AvgIpc) is 3.38. The third-order valence-electron chi connectivity index (χ3n) is 11.7. The SMILES string of the molecule is CC[C@@H](Oc1ccc([C@H]2CN(C)Cc3cc4c(cc3O2)CN(C(C)C)[C@H](C(=O)N[C@@H](Cc2ccc(-c3ccnc(C)c3C)cc2)C(=O)O)C4)cc1)c1ccc(F)c(F)c1. The molecule has 0 bridgehead atoms. The fraction of sp³-hybridized carbons (Fsp3) is 0.354. The van der Waals surface area contributed by atoms with Gasteiger partial charge in [0.15, 0.2) is 11.6 Å². The third-order valence-corrected chi connectivity index (χ3v) is 11.7. The summed E-state index contributed by atoms with van der Waals surface area (Å²) in [5, 5.41) is 13.1. The zero-order valence-electron chi connectivity index (χ0n) is 34.5. The molecule has 3 heterocycles. The highest BCUT2D eigenvalue weighted by atomic mass is 19.2. The van der Waals surface area contributed by atoms with Crippen LogP contribution in [0.3, 0.4) is 0 Å². The van der Waals surface area contributed by atoms with Gasteiger partial charge >= 0.3 is 5.97 Å². The molecule has 0 spiro atoms. The highest BCUT2D eigenvalue weighted by Gasteiger charge is 2.36. The smallest absolute Gasteiger partial charge is 0.326 e. The van der Waals surface area contributed by atoms with Gasteiger partial charge in [0.1, 0.15) is 29.7 Å². The van der Waals surface area contributed by atoms with Crippen molar-refractivity contribution in [3.05, 3.63) is 147 Å². The molecule has 0 saturated carbocycles. The third kappa shape index (κ3) is 9.32.